The molecule has 0 aromatic carbocycles. The van der Waals surface area contributed by atoms with E-state index in [4.69, 9.17) is 4.74 Å². The molecule has 0 radical (unpaired) electrons. The predicted octanol–water partition coefficient (Wildman–Crippen LogP) is 0.835. The van der Waals surface area contributed by atoms with E-state index in [2.05, 4.69) is 10.3 Å². The fourth-order valence-corrected chi connectivity index (χ4v) is 2.03. The molecule has 1 atom stereocenters. The smallest absolute Gasteiger partial charge is 0.355 e. The summed E-state index contributed by atoms with van der Waals surface area (Å²) in [5.41, 5.74) is 1.56. The lowest BCUT2D eigenvalue weighted by atomic mass is 10.1. The summed E-state index contributed by atoms with van der Waals surface area (Å²) >= 11 is 0. The molecular weight excluding hydrogens is 290 g/mol. The number of Topliss-reactive ketones (excluding diaryl/α,β-unsaturated/α-hetero) is 1. The molecule has 0 unspecified atom stereocenters. The van der Waals surface area contributed by atoms with Crippen molar-refractivity contribution in [3.05, 3.63) is 22.5 Å². The maximum Gasteiger partial charge on any atom is 0.355 e. The summed E-state index contributed by atoms with van der Waals surface area (Å²) in [7, 11) is 1.35. The lowest BCUT2D eigenvalue weighted by Gasteiger charge is -2.12. The third kappa shape index (κ3) is 3.72. The van der Waals surface area contributed by atoms with E-state index in [1.165, 1.54) is 20.9 Å². The Hall–Kier alpha value is -2.64. The topological polar surface area (TPSA) is 117 Å². The first kappa shape index (κ1) is 17.4. The molecule has 1 aromatic rings. The van der Waals surface area contributed by atoms with Gasteiger partial charge in [-0.25, -0.2) is 9.59 Å². The molecule has 1 heterocycles. The molecule has 0 aliphatic rings. The Balaban J connectivity index is 2.86. The standard InChI is InChI=1S/C14H19N3O5/c1-6-10(8(3)18)7(2)16-11(6)13(20)22-9(4)12(19)17-14(21)15-5/h9,16H,1-5H3,(H2,15,17,19,21)/t9-/m0/s1. The molecule has 0 fully saturated rings. The highest BCUT2D eigenvalue weighted by atomic mass is 16.5. The van der Waals surface area contributed by atoms with Crippen molar-refractivity contribution in [3.63, 3.8) is 0 Å². The molecule has 1 rings (SSSR count). The molecule has 0 saturated heterocycles. The normalized spacial score (nSPS) is 11.5. The number of aromatic nitrogens is 1. The van der Waals surface area contributed by atoms with E-state index in [-0.39, 0.29) is 11.5 Å². The molecule has 120 valence electrons. The molecule has 1 aromatic heterocycles. The van der Waals surface area contributed by atoms with Crippen LogP contribution in [0.2, 0.25) is 0 Å². The van der Waals surface area contributed by atoms with Gasteiger partial charge in [-0.05, 0) is 33.3 Å². The van der Waals surface area contributed by atoms with Crippen LogP contribution in [0.5, 0.6) is 0 Å². The SMILES string of the molecule is CNC(=O)NC(=O)[C@H](C)OC(=O)c1[nH]c(C)c(C(C)=O)c1C. The number of aromatic amines is 1. The van der Waals surface area contributed by atoms with Crippen LogP contribution in [0, 0.1) is 13.8 Å². The molecule has 0 spiro atoms. The number of amides is 3. The highest BCUT2D eigenvalue weighted by Gasteiger charge is 2.25. The van der Waals surface area contributed by atoms with Crippen molar-refractivity contribution in [2.45, 2.75) is 33.8 Å². The first-order chi connectivity index (χ1) is 10.2. The van der Waals surface area contributed by atoms with Gasteiger partial charge in [-0.3, -0.25) is 14.9 Å². The second-order valence-corrected chi connectivity index (χ2v) is 4.80. The van der Waals surface area contributed by atoms with Gasteiger partial charge in [0.25, 0.3) is 5.91 Å². The van der Waals surface area contributed by atoms with E-state index in [1.807, 2.05) is 5.32 Å². The van der Waals surface area contributed by atoms with Gasteiger partial charge in [0, 0.05) is 18.3 Å². The Bertz CT molecular complexity index is 633. The number of rotatable bonds is 4. The van der Waals surface area contributed by atoms with Crippen LogP contribution in [0.15, 0.2) is 0 Å². The highest BCUT2D eigenvalue weighted by molar-refractivity contribution is 6.02. The molecule has 22 heavy (non-hydrogen) atoms. The summed E-state index contributed by atoms with van der Waals surface area (Å²) in [5.74, 6) is -1.69. The zero-order valence-corrected chi connectivity index (χ0v) is 13.1. The molecule has 0 bridgehead atoms. The number of ketones is 1. The van der Waals surface area contributed by atoms with E-state index in [0.717, 1.165) is 0 Å². The van der Waals surface area contributed by atoms with Crippen molar-refractivity contribution in [2.75, 3.05) is 7.05 Å². The van der Waals surface area contributed by atoms with Crippen LogP contribution in [-0.4, -0.2) is 41.8 Å². The molecule has 0 aliphatic heterocycles. The lowest BCUT2D eigenvalue weighted by molar-refractivity contribution is -0.127. The minimum Gasteiger partial charge on any atom is -0.448 e. The fourth-order valence-electron chi connectivity index (χ4n) is 2.03. The van der Waals surface area contributed by atoms with Gasteiger partial charge in [-0.15, -0.1) is 0 Å². The third-order valence-electron chi connectivity index (χ3n) is 3.11. The number of urea groups is 1. The van der Waals surface area contributed by atoms with E-state index >= 15 is 0 Å². The van der Waals surface area contributed by atoms with E-state index in [9.17, 15) is 19.2 Å². The van der Waals surface area contributed by atoms with Crippen LogP contribution in [-0.2, 0) is 9.53 Å². The second kappa shape index (κ2) is 6.88. The number of nitrogens with one attached hydrogen (secondary N) is 3. The minimum atomic E-state index is -1.16. The molecule has 3 amide bonds. The van der Waals surface area contributed by atoms with Crippen LogP contribution in [0.3, 0.4) is 0 Å². The molecule has 8 heteroatoms. The molecule has 0 aliphatic carbocycles. The third-order valence-corrected chi connectivity index (χ3v) is 3.11. The summed E-state index contributed by atoms with van der Waals surface area (Å²) in [6.07, 6.45) is -1.16. The summed E-state index contributed by atoms with van der Waals surface area (Å²) in [4.78, 5) is 49.1. The van der Waals surface area contributed by atoms with Crippen LogP contribution in [0.4, 0.5) is 4.79 Å². The van der Waals surface area contributed by atoms with Crippen molar-refractivity contribution in [1.82, 2.24) is 15.6 Å². The van der Waals surface area contributed by atoms with Crippen molar-refractivity contribution >= 4 is 23.7 Å². The first-order valence-electron chi connectivity index (χ1n) is 6.62. The number of ether oxygens (including phenoxy) is 1. The zero-order chi connectivity index (χ0) is 17.0. The summed E-state index contributed by atoms with van der Waals surface area (Å²) in [6, 6.07) is -0.696. The van der Waals surface area contributed by atoms with Gasteiger partial charge in [0.1, 0.15) is 5.69 Å². The number of aryl methyl sites for hydroxylation is 1. The van der Waals surface area contributed by atoms with Gasteiger partial charge < -0.3 is 15.0 Å². The minimum absolute atomic E-state index is 0.113. The molecule has 3 N–H and O–H groups in total. The Morgan fingerprint density at radius 2 is 1.77 bits per heavy atom. The van der Waals surface area contributed by atoms with E-state index < -0.39 is 24.0 Å². The number of hydrogen-bond acceptors (Lipinski definition) is 5. The number of imide groups is 1. The van der Waals surface area contributed by atoms with E-state index in [0.29, 0.717) is 16.8 Å². The molecular formula is C14H19N3O5. The fraction of sp³-hybridized carbons (Fsp3) is 0.429. The second-order valence-electron chi connectivity index (χ2n) is 4.80. The quantitative estimate of drug-likeness (QED) is 0.562. The first-order valence-corrected chi connectivity index (χ1v) is 6.62. The highest BCUT2D eigenvalue weighted by Crippen LogP contribution is 2.19. The van der Waals surface area contributed by atoms with Crippen molar-refractivity contribution in [3.8, 4) is 0 Å². The Kier molecular flexibility index (Phi) is 5.44. The van der Waals surface area contributed by atoms with Crippen LogP contribution in [0.1, 0.15) is 46.0 Å². The Labute approximate surface area is 127 Å². The average Bonchev–Trinajstić information content (AvgIpc) is 2.73. The Morgan fingerprint density at radius 3 is 2.23 bits per heavy atom. The molecule has 0 saturated carbocycles. The van der Waals surface area contributed by atoms with E-state index in [1.54, 1.807) is 13.8 Å². The van der Waals surface area contributed by atoms with Crippen molar-refractivity contribution < 1.29 is 23.9 Å². The van der Waals surface area contributed by atoms with Crippen LogP contribution < -0.4 is 10.6 Å². The maximum atomic E-state index is 12.1. The van der Waals surface area contributed by atoms with Crippen molar-refractivity contribution in [1.29, 1.82) is 0 Å². The average molecular weight is 309 g/mol. The van der Waals surface area contributed by atoms with Gasteiger partial charge in [-0.2, -0.15) is 0 Å². The number of carbonyl (C=O) groups is 4. The monoisotopic (exact) mass is 309 g/mol. The van der Waals surface area contributed by atoms with Crippen LogP contribution >= 0.6 is 0 Å². The van der Waals surface area contributed by atoms with Gasteiger partial charge in [0.2, 0.25) is 0 Å². The Morgan fingerprint density at radius 1 is 1.18 bits per heavy atom. The van der Waals surface area contributed by atoms with Gasteiger partial charge in [0.05, 0.1) is 0 Å². The number of H-pyrrole nitrogens is 1. The molecule has 8 nitrogen and oxygen atoms in total. The largest absolute Gasteiger partial charge is 0.448 e. The van der Waals surface area contributed by atoms with Gasteiger partial charge in [0.15, 0.2) is 11.9 Å². The summed E-state index contributed by atoms with van der Waals surface area (Å²) in [5, 5.41) is 4.22. The summed E-state index contributed by atoms with van der Waals surface area (Å²) < 4.78 is 5.00. The van der Waals surface area contributed by atoms with Gasteiger partial charge >= 0.3 is 12.0 Å². The van der Waals surface area contributed by atoms with Crippen molar-refractivity contribution in [2.24, 2.45) is 0 Å². The zero-order valence-electron chi connectivity index (χ0n) is 13.1. The number of carbonyl (C=O) groups excluding carboxylic acids is 4. The predicted molar refractivity (Wildman–Crippen MR) is 77.7 cm³/mol. The summed E-state index contributed by atoms with van der Waals surface area (Å²) in [6.45, 7) is 6.03. The maximum absolute atomic E-state index is 12.1. The van der Waals surface area contributed by atoms with Crippen LogP contribution in [0.25, 0.3) is 0 Å². The number of esters is 1. The van der Waals surface area contributed by atoms with Gasteiger partial charge in [-0.1, -0.05) is 0 Å². The number of hydrogen-bond donors (Lipinski definition) is 3. The lowest BCUT2D eigenvalue weighted by Crippen LogP contribution is -2.43.